The van der Waals surface area contributed by atoms with Crippen molar-refractivity contribution in [2.75, 3.05) is 0 Å². The molecular formula is C3H4BrCl3. The summed E-state index contributed by atoms with van der Waals surface area (Å²) in [5.74, 6) is 0. The van der Waals surface area contributed by atoms with E-state index in [0.29, 0.717) is 6.42 Å². The zero-order chi connectivity index (χ0) is 5.86. The molecule has 0 amide bonds. The van der Waals surface area contributed by atoms with E-state index in [1.54, 1.807) is 0 Å². The van der Waals surface area contributed by atoms with Crippen molar-refractivity contribution < 1.29 is 0 Å². The first-order valence-corrected chi connectivity index (χ1v) is 3.91. The number of alkyl halides is 4. The lowest BCUT2D eigenvalue weighted by molar-refractivity contribution is 1.01. The number of rotatable bonds is 2. The molecule has 0 aliphatic rings. The molecule has 0 nitrogen and oxygen atoms in total. The Balaban J connectivity index is 2.95. The highest BCUT2D eigenvalue weighted by Gasteiger charge is 2.03. The standard InChI is InChI=1S/C3H4BrCl3/c4-2(5)1-3(6)7/h2-3H,1H2. The van der Waals surface area contributed by atoms with E-state index in [4.69, 9.17) is 34.8 Å². The summed E-state index contributed by atoms with van der Waals surface area (Å²) >= 11 is 19.1. The first-order valence-electron chi connectivity index (χ1n) is 1.69. The Morgan fingerprint density at radius 2 is 1.71 bits per heavy atom. The van der Waals surface area contributed by atoms with E-state index in [2.05, 4.69) is 15.9 Å². The van der Waals surface area contributed by atoms with Crippen molar-refractivity contribution in [3.8, 4) is 0 Å². The molecule has 0 spiro atoms. The fraction of sp³-hybridized carbons (Fsp3) is 1.00. The first kappa shape index (κ1) is 8.35. The van der Waals surface area contributed by atoms with Crippen LogP contribution in [0.15, 0.2) is 0 Å². The molecule has 0 fully saturated rings. The maximum atomic E-state index is 5.42. The number of halogens is 4. The maximum Gasteiger partial charge on any atom is 0.110 e. The van der Waals surface area contributed by atoms with Gasteiger partial charge in [-0.05, 0) is 0 Å². The van der Waals surface area contributed by atoms with Crippen molar-refractivity contribution in [1.29, 1.82) is 0 Å². The Morgan fingerprint density at radius 3 is 1.71 bits per heavy atom. The molecule has 1 atom stereocenters. The summed E-state index contributed by atoms with van der Waals surface area (Å²) in [6, 6.07) is 0. The van der Waals surface area contributed by atoms with Crippen LogP contribution in [0.1, 0.15) is 6.42 Å². The van der Waals surface area contributed by atoms with Gasteiger partial charge in [0.1, 0.15) is 4.84 Å². The van der Waals surface area contributed by atoms with Crippen LogP contribution in [-0.2, 0) is 0 Å². The highest BCUT2D eigenvalue weighted by molar-refractivity contribution is 9.10. The maximum absolute atomic E-state index is 5.42. The van der Waals surface area contributed by atoms with E-state index in [1.807, 2.05) is 0 Å². The summed E-state index contributed by atoms with van der Waals surface area (Å²) in [7, 11) is 0. The topological polar surface area (TPSA) is 0 Å². The fourth-order valence-electron chi connectivity index (χ4n) is 0.135. The molecule has 0 aromatic rings. The van der Waals surface area contributed by atoms with Gasteiger partial charge in [0.15, 0.2) is 0 Å². The van der Waals surface area contributed by atoms with Crippen LogP contribution >= 0.6 is 50.7 Å². The summed E-state index contributed by atoms with van der Waals surface area (Å²) in [5, 5.41) is 0. The molecular weight excluding hydrogens is 222 g/mol. The molecule has 0 bridgehead atoms. The van der Waals surface area contributed by atoms with Crippen LogP contribution in [-0.4, -0.2) is 9.12 Å². The van der Waals surface area contributed by atoms with Gasteiger partial charge in [0.05, 0.1) is 4.29 Å². The molecule has 1 unspecified atom stereocenters. The van der Waals surface area contributed by atoms with Gasteiger partial charge in [0.25, 0.3) is 0 Å². The molecule has 0 aromatic heterocycles. The molecule has 0 heterocycles. The Bertz CT molecular complexity index is 39.4. The second-order valence-electron chi connectivity index (χ2n) is 1.02. The summed E-state index contributed by atoms with van der Waals surface area (Å²) in [4.78, 5) is -0.359. The largest absolute Gasteiger partial charge is 0.110 e. The van der Waals surface area contributed by atoms with Crippen molar-refractivity contribution >= 4 is 50.7 Å². The lowest BCUT2D eigenvalue weighted by Gasteiger charge is -1.97. The quantitative estimate of drug-likeness (QED) is 0.635. The van der Waals surface area contributed by atoms with Crippen LogP contribution < -0.4 is 0 Å². The van der Waals surface area contributed by atoms with Crippen molar-refractivity contribution in [2.24, 2.45) is 0 Å². The second kappa shape index (κ2) is 4.25. The van der Waals surface area contributed by atoms with Crippen molar-refractivity contribution in [3.63, 3.8) is 0 Å². The highest BCUT2D eigenvalue weighted by Crippen LogP contribution is 2.18. The Morgan fingerprint density at radius 1 is 1.29 bits per heavy atom. The molecule has 0 N–H and O–H groups in total. The summed E-state index contributed by atoms with van der Waals surface area (Å²) in [6.45, 7) is 0. The van der Waals surface area contributed by atoms with Crippen LogP contribution in [0.5, 0.6) is 0 Å². The Kier molecular flexibility index (Phi) is 5.07. The monoisotopic (exact) mass is 224 g/mol. The summed E-state index contributed by atoms with van der Waals surface area (Å²) in [5.41, 5.74) is 0. The number of hydrogen-bond acceptors (Lipinski definition) is 0. The molecule has 0 rings (SSSR count). The van der Waals surface area contributed by atoms with E-state index in [9.17, 15) is 0 Å². The van der Waals surface area contributed by atoms with Crippen molar-refractivity contribution in [3.05, 3.63) is 0 Å². The van der Waals surface area contributed by atoms with E-state index in [0.717, 1.165) is 0 Å². The molecule has 7 heavy (non-hydrogen) atoms. The van der Waals surface area contributed by atoms with Gasteiger partial charge in [-0.3, -0.25) is 0 Å². The van der Waals surface area contributed by atoms with E-state index < -0.39 is 0 Å². The molecule has 44 valence electrons. The van der Waals surface area contributed by atoms with Crippen LogP contribution in [0, 0.1) is 0 Å². The lowest BCUT2D eigenvalue weighted by Crippen LogP contribution is -1.92. The molecule has 0 aromatic carbocycles. The minimum Gasteiger partial charge on any atom is -0.110 e. The van der Waals surface area contributed by atoms with Crippen molar-refractivity contribution in [1.82, 2.24) is 0 Å². The molecule has 0 radical (unpaired) electrons. The zero-order valence-electron chi connectivity index (χ0n) is 3.37. The van der Waals surface area contributed by atoms with Crippen LogP contribution in [0.2, 0.25) is 0 Å². The van der Waals surface area contributed by atoms with Gasteiger partial charge in [0.2, 0.25) is 0 Å². The average Bonchev–Trinajstić information content (AvgIpc) is 1.27. The van der Waals surface area contributed by atoms with Gasteiger partial charge in [-0.15, -0.1) is 34.8 Å². The first-order chi connectivity index (χ1) is 3.13. The molecule has 0 aliphatic heterocycles. The van der Waals surface area contributed by atoms with E-state index >= 15 is 0 Å². The molecule has 0 saturated carbocycles. The van der Waals surface area contributed by atoms with Crippen molar-refractivity contribution in [2.45, 2.75) is 15.5 Å². The van der Waals surface area contributed by atoms with E-state index in [1.165, 1.54) is 0 Å². The summed E-state index contributed by atoms with van der Waals surface area (Å²) in [6.07, 6.45) is 0.574. The SMILES string of the molecule is ClC(Cl)CC(Cl)Br. The van der Waals surface area contributed by atoms with Gasteiger partial charge in [-0.25, -0.2) is 0 Å². The third kappa shape index (κ3) is 7.35. The predicted octanol–water partition coefficient (Wildman–Crippen LogP) is 3.14. The minimum atomic E-state index is -0.359. The third-order valence-electron chi connectivity index (χ3n) is 0.356. The fourth-order valence-corrected chi connectivity index (χ4v) is 1.66. The third-order valence-corrected chi connectivity index (χ3v) is 1.26. The average molecular weight is 226 g/mol. The van der Waals surface area contributed by atoms with E-state index in [-0.39, 0.29) is 9.12 Å². The smallest absolute Gasteiger partial charge is 0.110 e. The van der Waals surface area contributed by atoms with Crippen LogP contribution in [0.25, 0.3) is 0 Å². The molecule has 0 aliphatic carbocycles. The van der Waals surface area contributed by atoms with Gasteiger partial charge >= 0.3 is 0 Å². The minimum absolute atomic E-state index is 0.104. The normalized spacial score (nSPS) is 15.0. The van der Waals surface area contributed by atoms with Crippen LogP contribution in [0.4, 0.5) is 0 Å². The van der Waals surface area contributed by atoms with Gasteiger partial charge in [-0.1, -0.05) is 15.9 Å². The molecule has 0 saturated heterocycles. The predicted molar refractivity (Wildman–Crippen MR) is 38.7 cm³/mol. The molecule has 4 heteroatoms. The second-order valence-corrected chi connectivity index (χ2v) is 4.45. The van der Waals surface area contributed by atoms with Crippen LogP contribution in [0.3, 0.4) is 0 Å². The number of hydrogen-bond donors (Lipinski definition) is 0. The highest BCUT2D eigenvalue weighted by atomic mass is 79.9. The van der Waals surface area contributed by atoms with Gasteiger partial charge in [-0.2, -0.15) is 0 Å². The Hall–Kier alpha value is 1.35. The van der Waals surface area contributed by atoms with Gasteiger partial charge < -0.3 is 0 Å². The summed E-state index contributed by atoms with van der Waals surface area (Å²) < 4.78 is -0.104. The van der Waals surface area contributed by atoms with Gasteiger partial charge in [0, 0.05) is 6.42 Å². The Labute approximate surface area is 66.2 Å². The lowest BCUT2D eigenvalue weighted by atomic mass is 10.6. The zero-order valence-corrected chi connectivity index (χ0v) is 7.23.